The molecule has 8 aromatic rings. The molecule has 119 heavy (non-hydrogen) atoms. The maximum Gasteiger partial charge on any atom is 0.353 e. The van der Waals surface area contributed by atoms with Crippen LogP contribution in [-0.2, 0) is 70.3 Å². The number of urea groups is 3. The summed E-state index contributed by atoms with van der Waals surface area (Å²) in [6, 6.07) is 30.2. The van der Waals surface area contributed by atoms with E-state index in [4.69, 9.17) is 66.4 Å². The lowest BCUT2D eigenvalue weighted by Gasteiger charge is -2.21. The second-order valence-electron chi connectivity index (χ2n) is 25.1. The van der Waals surface area contributed by atoms with Crippen LogP contribution in [0.5, 0.6) is 5.75 Å². The molecular weight excluding hydrogens is 1660 g/mol. The number of aromatic nitrogens is 8. The highest BCUT2D eigenvalue weighted by atomic mass is 35.5. The van der Waals surface area contributed by atoms with Crippen molar-refractivity contribution in [2.75, 3.05) is 30.3 Å². The molecule has 614 valence electrons. The minimum absolute atomic E-state index is 0.0154. The van der Waals surface area contributed by atoms with Crippen molar-refractivity contribution in [1.82, 2.24) is 80.7 Å². The number of carboxylic acid groups (broad SMARTS) is 1. The molecule has 0 spiro atoms. The van der Waals surface area contributed by atoms with Crippen molar-refractivity contribution >= 4 is 193 Å². The number of amides is 14. The summed E-state index contributed by atoms with van der Waals surface area (Å²) in [5.41, 5.74) is 8.94. The van der Waals surface area contributed by atoms with Crippen molar-refractivity contribution < 1.29 is 76.9 Å². The maximum atomic E-state index is 12.4. The Kier molecular flexibility index (Phi) is 29.3. The Morgan fingerprint density at radius 1 is 0.588 bits per heavy atom. The number of aliphatic carboxylic acids is 1. The number of rotatable bonds is 14. The highest BCUT2D eigenvalue weighted by Crippen LogP contribution is 2.27. The van der Waals surface area contributed by atoms with Gasteiger partial charge in [-0.1, -0.05) is 82.8 Å². The summed E-state index contributed by atoms with van der Waals surface area (Å²) in [5, 5.41) is 37.4. The molecule has 0 saturated carbocycles. The average molecular weight is 1730 g/mol. The molecule has 14 rings (SSSR count). The van der Waals surface area contributed by atoms with E-state index in [0.717, 1.165) is 41.0 Å². The van der Waals surface area contributed by atoms with Crippen LogP contribution in [0, 0.1) is 13.8 Å². The molecule has 43 heteroatoms. The van der Waals surface area contributed by atoms with E-state index in [9.17, 15) is 81.8 Å². The van der Waals surface area contributed by atoms with Crippen LogP contribution >= 0.6 is 58.6 Å². The number of benzene rings is 5. The zero-order valence-corrected chi connectivity index (χ0v) is 66.6. The quantitative estimate of drug-likeness (QED) is 0.0304. The highest BCUT2D eigenvalue weighted by molar-refractivity contribution is 7.80. The zero-order valence-electron chi connectivity index (χ0n) is 62.8. The van der Waals surface area contributed by atoms with Gasteiger partial charge in [-0.15, -0.1) is 0 Å². The van der Waals surface area contributed by atoms with Gasteiger partial charge in [-0.3, -0.25) is 105 Å². The number of carbonyl (C=O) groups excluding carboxylic acids is 11. The van der Waals surface area contributed by atoms with Gasteiger partial charge in [0.15, 0.2) is 27.8 Å². The summed E-state index contributed by atoms with van der Waals surface area (Å²) in [6.45, 7) is 9.07. The van der Waals surface area contributed by atoms with E-state index in [1.54, 1.807) is 84.4 Å². The lowest BCUT2D eigenvalue weighted by atomic mass is 10.1. The van der Waals surface area contributed by atoms with Gasteiger partial charge >= 0.3 is 35.4 Å². The van der Waals surface area contributed by atoms with Crippen LogP contribution in [0.3, 0.4) is 0 Å². The van der Waals surface area contributed by atoms with Crippen LogP contribution in [0.25, 0.3) is 58.0 Å². The maximum absolute atomic E-state index is 12.4. The minimum atomic E-state index is -1.29. The molecule has 38 nitrogen and oxygen atoms in total. The van der Waals surface area contributed by atoms with E-state index in [1.165, 1.54) is 52.8 Å². The number of halogens is 4. The van der Waals surface area contributed by atoms with Gasteiger partial charge in [0.05, 0.1) is 23.8 Å². The number of hydrogen-bond donors (Lipinski definition) is 12. The number of carbonyl (C=O) groups is 12. The third kappa shape index (κ3) is 22.6. The fourth-order valence-electron chi connectivity index (χ4n) is 10.9. The van der Waals surface area contributed by atoms with Crippen LogP contribution in [0.4, 0.5) is 26.0 Å². The number of fused-ring (bicyclic) bond motifs is 3. The lowest BCUT2D eigenvalue weighted by Crippen LogP contribution is -2.51. The Balaban J connectivity index is 0.000000164. The summed E-state index contributed by atoms with van der Waals surface area (Å²) in [4.78, 5) is 200. The van der Waals surface area contributed by atoms with Crippen molar-refractivity contribution in [1.29, 1.82) is 0 Å². The number of imidazole rings is 1. The molecule has 3 aromatic heterocycles. The van der Waals surface area contributed by atoms with Gasteiger partial charge in [0, 0.05) is 53.0 Å². The fourth-order valence-corrected chi connectivity index (χ4v) is 11.9. The number of ether oxygens (including phenoxy) is 1. The minimum Gasteiger partial charge on any atom is -0.491 e. The first-order chi connectivity index (χ1) is 56.4. The number of barbiturate groups is 3. The van der Waals surface area contributed by atoms with E-state index in [1.807, 2.05) is 82.1 Å². The molecule has 13 N–H and O–H groups in total. The first-order valence-electron chi connectivity index (χ1n) is 34.7. The molecule has 14 amide bonds. The van der Waals surface area contributed by atoms with Crippen molar-refractivity contribution in [3.8, 4) is 17.3 Å². The van der Waals surface area contributed by atoms with E-state index in [0.29, 0.717) is 52.8 Å². The van der Waals surface area contributed by atoms with Gasteiger partial charge in [0.25, 0.3) is 58.4 Å². The number of aliphatic hydroxyl groups excluding tert-OH is 1. The average Bonchev–Trinajstić information content (AvgIpc) is 1.13. The summed E-state index contributed by atoms with van der Waals surface area (Å²) >= 11 is 28.0. The van der Waals surface area contributed by atoms with E-state index in [2.05, 4.69) is 61.5 Å². The number of carboxylic acids is 1. The van der Waals surface area contributed by atoms with E-state index >= 15 is 0 Å². The second-order valence-corrected chi connectivity index (χ2v) is 27.2. The van der Waals surface area contributed by atoms with Crippen molar-refractivity contribution in [2.45, 2.75) is 46.9 Å². The molecule has 0 aliphatic carbocycles. The topological polar surface area (TPSA) is 536 Å². The van der Waals surface area contributed by atoms with Gasteiger partial charge in [-0.25, -0.2) is 33.5 Å². The van der Waals surface area contributed by atoms with Crippen LogP contribution in [-0.4, -0.2) is 151 Å². The number of H-pyrrole nitrogens is 1. The molecule has 4 fully saturated rings. The predicted molar refractivity (Wildman–Crippen MR) is 438 cm³/mol. The number of thiocarbonyl (C=S) groups is 1. The third-order valence-electron chi connectivity index (χ3n) is 17.0. The number of aryl methyl sites for hydroxylation is 4. The number of aliphatic hydroxyl groups is 1. The molecule has 5 aromatic carbocycles. The smallest absolute Gasteiger partial charge is 0.353 e. The number of nitrogens with one attached hydrogen (secondary N) is 9. The predicted octanol–water partition coefficient (Wildman–Crippen LogP) is 4.70. The van der Waals surface area contributed by atoms with Crippen LogP contribution in [0.15, 0.2) is 167 Å². The van der Waals surface area contributed by atoms with Crippen molar-refractivity contribution in [3.05, 3.63) is 239 Å². The van der Waals surface area contributed by atoms with E-state index in [-0.39, 0.29) is 69.2 Å². The van der Waals surface area contributed by atoms with Crippen molar-refractivity contribution in [3.63, 3.8) is 0 Å². The molecule has 6 aliphatic heterocycles. The fraction of sp³-hybridized carbons (Fsp3) is 0.158. The SMILES string of the molecule is CCN(CC)c1ccc(C=C2C(=O)NC(=O)NC2=O)cc1.Cc1cc2nc3c(=O)n(CC(=O)O)c(=O)nc-3n(C)c2cc1C.Cn1c(=O)[nH]c(=O)c2c1nc(N)n2CC(O)COc1ccc(Cl)cc1.O=C1NC(=O)C(=Cc2ccc(Cl)cc2Cl)C(=O)N1.O=C1NC(=O)C(=Cc2ccccc2Cl)C(=O)N1.O=C1NC(=S)NC(=O)C1=Cc1ccco1. The number of nitrogens with two attached hydrogens (primary N) is 1. The summed E-state index contributed by atoms with van der Waals surface area (Å²) in [7, 11) is 3.16. The van der Waals surface area contributed by atoms with Crippen LogP contribution < -0.4 is 80.4 Å². The summed E-state index contributed by atoms with van der Waals surface area (Å²) in [5.74, 6) is -5.59. The van der Waals surface area contributed by atoms with Crippen molar-refractivity contribution in [2.24, 2.45) is 14.1 Å². The molecule has 6 aliphatic rings. The van der Waals surface area contributed by atoms with Gasteiger partial charge < -0.3 is 39.1 Å². The zero-order chi connectivity index (χ0) is 87.0. The highest BCUT2D eigenvalue weighted by Gasteiger charge is 2.32. The Morgan fingerprint density at radius 3 is 1.62 bits per heavy atom. The number of nitrogen functional groups attached to an aromatic ring is 1. The van der Waals surface area contributed by atoms with Crippen LogP contribution in [0.1, 0.15) is 47.4 Å². The summed E-state index contributed by atoms with van der Waals surface area (Å²) < 4.78 is 15.2. The monoisotopic (exact) mass is 1720 g/mol. The molecule has 1 unspecified atom stereocenters. The number of anilines is 2. The molecule has 4 saturated heterocycles. The first-order valence-corrected chi connectivity index (χ1v) is 36.6. The normalized spacial score (nSPS) is 13.9. The Morgan fingerprint density at radius 2 is 1.10 bits per heavy atom. The molecular formula is C76H66Cl4N18O20S. The number of aromatic amines is 1. The number of furan rings is 1. The van der Waals surface area contributed by atoms with Gasteiger partial charge in [0.1, 0.15) is 53.1 Å². The molecule has 0 radical (unpaired) electrons. The van der Waals surface area contributed by atoms with Gasteiger partial charge in [0.2, 0.25) is 5.95 Å². The molecule has 0 bridgehead atoms. The standard InChI is InChI=1S/C15H16ClN5O4.C15H14N4O4.C15H17N3O3.C11H6Cl2N2O3.C11H7ClN2O3.C9H6N2O3S/c1-20-12-11(13(23)19-15(20)24)21(14(17)18-12)6-9(22)7-25-10-4-2-8(16)3-5-10;1-7-4-9-10(5-8(7)2)18(3)13-12(16-9)14(22)19(6-11(20)21)15(23)17-13;1-3-18(4-2)11-7-5-10(6-8-11)9-12-13(19)16-15(21)17-14(12)20;12-6-2-1-5(8(13)4-6)3-7-9(16)14-11(18)15-10(7)17;12-8-4-2-1-3-6(8)5-7-9(15)13-11(17)14-10(7)16;12-7-6(4-5-2-1-3-14-5)8(13)11-9(15)10-7/h2-5,9,22H,6-7H2,1H3,(H2,17,18)(H,19,23,24);4-5H,6H2,1-3H3,(H,20,21);5-9H,3-4H2,1-2H3,(H2,16,17,19,20,21);1-4H,(H2,14,15,16,17,18);1-5H,(H2,13,14,15,16,17);1-4H,(H2,10,11,12,13,15). The third-order valence-corrected chi connectivity index (χ3v) is 18.3. The number of imide groups is 6. The molecule has 9 heterocycles. The lowest BCUT2D eigenvalue weighted by molar-refractivity contribution is -0.138. The van der Waals surface area contributed by atoms with E-state index < -0.39 is 106 Å². The largest absolute Gasteiger partial charge is 0.491 e. The first kappa shape index (κ1) is 88.6. The molecule has 1 atom stereocenters. The Labute approximate surface area is 694 Å². The number of nitrogens with zero attached hydrogens (tertiary/aromatic N) is 8. The van der Waals surface area contributed by atoms with Gasteiger partial charge in [-0.2, -0.15) is 9.97 Å². The van der Waals surface area contributed by atoms with Gasteiger partial charge in [-0.05, 0) is 171 Å². The van der Waals surface area contributed by atoms with Crippen LogP contribution in [0.2, 0.25) is 20.1 Å². The summed E-state index contributed by atoms with van der Waals surface area (Å²) in [6.07, 6.45) is 5.94. The number of hydrogen-bond acceptors (Lipinski definition) is 25. The Bertz CT molecular complexity index is 6080. The second kappa shape index (κ2) is 39.3. The Hall–Kier alpha value is -14.4.